The van der Waals surface area contributed by atoms with Crippen LogP contribution in [-0.4, -0.2) is 75.4 Å². The average molecular weight is 435 g/mol. The summed E-state index contributed by atoms with van der Waals surface area (Å²) < 4.78 is 71.7. The molecule has 0 aromatic carbocycles. The summed E-state index contributed by atoms with van der Waals surface area (Å²) in [7, 11) is 0. The summed E-state index contributed by atoms with van der Waals surface area (Å²) in [6, 6.07) is 1.64. The van der Waals surface area contributed by atoms with Crippen molar-refractivity contribution in [3.63, 3.8) is 0 Å². The number of halogens is 5. The van der Waals surface area contributed by atoms with Gasteiger partial charge in [-0.05, 0) is 19.9 Å². The van der Waals surface area contributed by atoms with E-state index in [2.05, 4.69) is 10.1 Å². The number of hydrogen-bond acceptors (Lipinski definition) is 5. The largest absolute Gasteiger partial charge is 0.459 e. The minimum atomic E-state index is -5.84. The number of fused-ring (bicyclic) bond motifs is 1. The van der Waals surface area contributed by atoms with Gasteiger partial charge in [0.25, 0.3) is 5.91 Å². The molecule has 13 heteroatoms. The lowest BCUT2D eigenvalue weighted by molar-refractivity contribution is -0.291. The van der Waals surface area contributed by atoms with Crippen molar-refractivity contribution in [2.75, 3.05) is 32.8 Å². The Morgan fingerprint density at radius 1 is 1.07 bits per heavy atom. The molecule has 0 atom stereocenters. The van der Waals surface area contributed by atoms with Gasteiger partial charge in [-0.25, -0.2) is 14.3 Å². The summed E-state index contributed by atoms with van der Waals surface area (Å²) >= 11 is 0. The van der Waals surface area contributed by atoms with Crippen molar-refractivity contribution in [3.05, 3.63) is 29.2 Å². The van der Waals surface area contributed by atoms with Gasteiger partial charge in [0.15, 0.2) is 11.3 Å². The lowest BCUT2D eigenvalue weighted by Crippen LogP contribution is -2.50. The van der Waals surface area contributed by atoms with Gasteiger partial charge in [-0.1, -0.05) is 0 Å². The van der Waals surface area contributed by atoms with E-state index in [1.807, 2.05) is 0 Å². The normalized spacial score (nSPS) is 15.6. The summed E-state index contributed by atoms with van der Waals surface area (Å²) in [5.74, 6) is -5.85. The van der Waals surface area contributed by atoms with Gasteiger partial charge in [0, 0.05) is 37.9 Å². The zero-order valence-corrected chi connectivity index (χ0v) is 16.0. The van der Waals surface area contributed by atoms with Crippen LogP contribution in [-0.2, 0) is 10.7 Å². The molecule has 0 unspecified atom stereocenters. The van der Waals surface area contributed by atoms with Crippen LogP contribution in [0, 0.1) is 6.92 Å². The Morgan fingerprint density at radius 3 is 2.23 bits per heavy atom. The van der Waals surface area contributed by atoms with Crippen molar-refractivity contribution in [2.45, 2.75) is 25.9 Å². The van der Waals surface area contributed by atoms with Gasteiger partial charge in [0.2, 0.25) is 0 Å². The first kappa shape index (κ1) is 21.7. The van der Waals surface area contributed by atoms with Crippen molar-refractivity contribution >= 4 is 17.6 Å². The lowest BCUT2D eigenvalue weighted by atomic mass is 10.2. The van der Waals surface area contributed by atoms with Crippen LogP contribution in [0.1, 0.15) is 28.8 Å². The van der Waals surface area contributed by atoms with Gasteiger partial charge < -0.3 is 14.5 Å². The second-order valence-corrected chi connectivity index (χ2v) is 6.63. The maximum Gasteiger partial charge on any atom is 0.459 e. The third-order valence-electron chi connectivity index (χ3n) is 4.54. The van der Waals surface area contributed by atoms with E-state index >= 15 is 0 Å². The highest BCUT2D eigenvalue weighted by Crippen LogP contribution is 2.43. The van der Waals surface area contributed by atoms with E-state index in [1.165, 1.54) is 16.7 Å². The molecule has 3 rings (SSSR count). The second-order valence-electron chi connectivity index (χ2n) is 6.63. The average Bonchev–Trinajstić information content (AvgIpc) is 3.09. The van der Waals surface area contributed by atoms with Crippen molar-refractivity contribution in [1.82, 2.24) is 24.4 Å². The molecule has 0 bridgehead atoms. The molecule has 0 spiro atoms. The number of carbonyl (C=O) groups excluding carboxylic acids is 2. The zero-order valence-electron chi connectivity index (χ0n) is 16.0. The molecule has 0 saturated carbocycles. The van der Waals surface area contributed by atoms with E-state index in [0.717, 1.165) is 6.07 Å². The summed E-state index contributed by atoms with van der Waals surface area (Å²) in [5, 5.41) is 3.67. The van der Waals surface area contributed by atoms with Gasteiger partial charge in [-0.2, -0.15) is 27.1 Å². The quantitative estimate of drug-likeness (QED) is 0.693. The standard InChI is InChI=1S/C17H18F5N5O3/c1-3-30-15(29)26-6-4-25(5-7-26)14(28)11-9-13-23-10(2)8-12(27(13)24-11)16(18,19)17(20,21)22/h8-9H,3-7H2,1-2H3. The van der Waals surface area contributed by atoms with E-state index in [4.69, 9.17) is 4.74 Å². The number of nitrogens with zero attached hydrogens (tertiary/aromatic N) is 5. The molecule has 3 heterocycles. The van der Waals surface area contributed by atoms with Crippen LogP contribution in [0.4, 0.5) is 26.7 Å². The smallest absolute Gasteiger partial charge is 0.450 e. The fourth-order valence-corrected chi connectivity index (χ4v) is 3.04. The maximum atomic E-state index is 14.0. The third-order valence-corrected chi connectivity index (χ3v) is 4.54. The van der Waals surface area contributed by atoms with Crippen LogP contribution in [0.3, 0.4) is 0 Å². The predicted octanol–water partition coefficient (Wildman–Crippen LogP) is 2.61. The molecule has 0 N–H and O–H groups in total. The number of aromatic nitrogens is 3. The van der Waals surface area contributed by atoms with Gasteiger partial charge >= 0.3 is 18.2 Å². The molecule has 1 aliphatic heterocycles. The van der Waals surface area contributed by atoms with Crippen LogP contribution in [0.5, 0.6) is 0 Å². The monoisotopic (exact) mass is 435 g/mol. The number of rotatable bonds is 3. The van der Waals surface area contributed by atoms with E-state index in [0.29, 0.717) is 10.6 Å². The number of aryl methyl sites for hydroxylation is 1. The first-order valence-corrected chi connectivity index (χ1v) is 8.99. The summed E-state index contributed by atoms with van der Waals surface area (Å²) in [4.78, 5) is 31.0. The van der Waals surface area contributed by atoms with Crippen LogP contribution in [0.15, 0.2) is 12.1 Å². The molecule has 2 aromatic heterocycles. The number of piperazine rings is 1. The Morgan fingerprint density at radius 2 is 1.67 bits per heavy atom. The number of ether oxygens (including phenoxy) is 1. The fraction of sp³-hybridized carbons (Fsp3) is 0.529. The molecule has 2 aromatic rings. The highest BCUT2D eigenvalue weighted by atomic mass is 19.4. The molecule has 30 heavy (non-hydrogen) atoms. The van der Waals surface area contributed by atoms with Crippen molar-refractivity contribution in [1.29, 1.82) is 0 Å². The topological polar surface area (TPSA) is 80.0 Å². The summed E-state index contributed by atoms with van der Waals surface area (Å²) in [6.45, 7) is 3.76. The van der Waals surface area contributed by atoms with Crippen LogP contribution in [0.25, 0.3) is 5.65 Å². The second kappa shape index (κ2) is 7.69. The molecule has 1 fully saturated rings. The highest BCUT2D eigenvalue weighted by molar-refractivity contribution is 5.93. The van der Waals surface area contributed by atoms with E-state index in [-0.39, 0.29) is 49.8 Å². The predicted molar refractivity (Wildman–Crippen MR) is 92.2 cm³/mol. The number of hydrogen-bond donors (Lipinski definition) is 0. The van der Waals surface area contributed by atoms with Crippen molar-refractivity contribution in [2.24, 2.45) is 0 Å². The van der Waals surface area contributed by atoms with Crippen molar-refractivity contribution < 1.29 is 36.3 Å². The summed E-state index contributed by atoms with van der Waals surface area (Å²) in [5.41, 5.74) is -2.13. The number of amides is 2. The fourth-order valence-electron chi connectivity index (χ4n) is 3.04. The minimum absolute atomic E-state index is 0.0802. The molecular weight excluding hydrogens is 417 g/mol. The van der Waals surface area contributed by atoms with Gasteiger partial charge in [-0.15, -0.1) is 0 Å². The van der Waals surface area contributed by atoms with E-state index in [1.54, 1.807) is 6.92 Å². The number of carbonyl (C=O) groups is 2. The van der Waals surface area contributed by atoms with Crippen LogP contribution in [0.2, 0.25) is 0 Å². The van der Waals surface area contributed by atoms with E-state index < -0.39 is 29.8 Å². The summed E-state index contributed by atoms with van der Waals surface area (Å²) in [6.07, 6.45) is -6.36. The Bertz CT molecular complexity index is 967. The Hall–Kier alpha value is -2.99. The zero-order chi connectivity index (χ0) is 22.3. The Labute approximate surface area is 167 Å². The molecule has 2 amide bonds. The molecule has 1 aliphatic rings. The molecule has 1 saturated heterocycles. The molecule has 8 nitrogen and oxygen atoms in total. The van der Waals surface area contributed by atoms with Gasteiger partial charge in [0.05, 0.1) is 6.61 Å². The maximum absolute atomic E-state index is 14.0. The molecule has 164 valence electrons. The van der Waals surface area contributed by atoms with Gasteiger partial charge in [0.1, 0.15) is 5.69 Å². The first-order valence-electron chi connectivity index (χ1n) is 8.99. The molecular formula is C17H18F5N5O3. The SMILES string of the molecule is CCOC(=O)N1CCN(C(=O)c2cc3nc(C)cc(C(F)(F)C(F)(F)F)n3n2)CC1. The lowest BCUT2D eigenvalue weighted by Gasteiger charge is -2.33. The Kier molecular flexibility index (Phi) is 5.56. The van der Waals surface area contributed by atoms with E-state index in [9.17, 15) is 31.5 Å². The van der Waals surface area contributed by atoms with Gasteiger partial charge in [-0.3, -0.25) is 4.79 Å². The minimum Gasteiger partial charge on any atom is -0.450 e. The Balaban J connectivity index is 1.87. The van der Waals surface area contributed by atoms with Crippen molar-refractivity contribution in [3.8, 4) is 0 Å². The highest BCUT2D eigenvalue weighted by Gasteiger charge is 2.60. The third kappa shape index (κ3) is 3.87. The molecule has 0 aliphatic carbocycles. The number of alkyl halides is 5. The molecule has 0 radical (unpaired) electrons. The first-order chi connectivity index (χ1) is 14.0. The van der Waals surface area contributed by atoms with Crippen LogP contribution >= 0.6 is 0 Å². The van der Waals surface area contributed by atoms with Crippen LogP contribution < -0.4 is 0 Å².